The molecule has 178 valence electrons. The molecule has 0 atom stereocenters. The number of aromatic nitrogens is 6. The van der Waals surface area contributed by atoms with Gasteiger partial charge >= 0.3 is 0 Å². The molecule has 1 aliphatic heterocycles. The highest BCUT2D eigenvalue weighted by Gasteiger charge is 2.16. The van der Waals surface area contributed by atoms with Crippen molar-refractivity contribution in [2.75, 3.05) is 20.1 Å². The zero-order chi connectivity index (χ0) is 23.8. The van der Waals surface area contributed by atoms with Crippen LogP contribution in [0.25, 0.3) is 33.3 Å². The van der Waals surface area contributed by atoms with E-state index in [2.05, 4.69) is 38.2 Å². The number of ether oxygens (including phenoxy) is 1. The van der Waals surface area contributed by atoms with Gasteiger partial charge in [-0.25, -0.2) is 9.97 Å². The molecule has 1 saturated heterocycles. The number of rotatable bonds is 6. The fraction of sp³-hybridized carbons (Fsp3) is 0.333. The van der Waals surface area contributed by atoms with Crippen LogP contribution in [0, 0.1) is 12.8 Å². The van der Waals surface area contributed by atoms with Gasteiger partial charge in [-0.05, 0) is 76.5 Å². The molecule has 8 heteroatoms. The molecule has 0 aliphatic carbocycles. The lowest BCUT2D eigenvalue weighted by atomic mass is 9.94. The number of hydrogen-bond acceptors (Lipinski definition) is 6. The lowest BCUT2D eigenvalue weighted by molar-refractivity contribution is 0.206. The number of likely N-dealkylation sites (tertiary alicyclic amines) is 1. The predicted molar refractivity (Wildman–Crippen MR) is 137 cm³/mol. The molecule has 8 nitrogen and oxygen atoms in total. The largest absolute Gasteiger partial charge is 0.457 e. The minimum Gasteiger partial charge on any atom is -0.457 e. The number of aryl methyl sites for hydroxylation is 2. The summed E-state index contributed by atoms with van der Waals surface area (Å²) in [6.45, 7) is 5.28. The first-order chi connectivity index (χ1) is 17.1. The maximum absolute atomic E-state index is 6.11. The maximum Gasteiger partial charge on any atom is 0.129 e. The van der Waals surface area contributed by atoms with Crippen molar-refractivity contribution in [1.29, 1.82) is 0 Å². The van der Waals surface area contributed by atoms with Gasteiger partial charge in [0.2, 0.25) is 0 Å². The SMILES string of the molecule is Cc1nc2ccc(Oc3ccc4ncc(-c5cnn(CCC6CCN(C)CC6)c5)nc4c3)cc2[nH]1. The summed E-state index contributed by atoms with van der Waals surface area (Å²) in [6.07, 6.45) is 9.50. The molecule has 6 rings (SSSR count). The third-order valence-corrected chi connectivity index (χ3v) is 6.85. The average Bonchev–Trinajstić information content (AvgIpc) is 3.49. The topological polar surface area (TPSA) is 84.8 Å². The molecule has 4 heterocycles. The van der Waals surface area contributed by atoms with Gasteiger partial charge < -0.3 is 14.6 Å². The summed E-state index contributed by atoms with van der Waals surface area (Å²) in [5.41, 5.74) is 5.29. The number of hydrogen-bond donors (Lipinski definition) is 1. The van der Waals surface area contributed by atoms with Crippen LogP contribution in [0.15, 0.2) is 55.0 Å². The Labute approximate surface area is 204 Å². The lowest BCUT2D eigenvalue weighted by Crippen LogP contribution is -2.30. The van der Waals surface area contributed by atoms with Gasteiger partial charge in [0, 0.05) is 30.4 Å². The molecule has 35 heavy (non-hydrogen) atoms. The Morgan fingerprint density at radius 3 is 2.63 bits per heavy atom. The van der Waals surface area contributed by atoms with Crippen molar-refractivity contribution < 1.29 is 4.74 Å². The van der Waals surface area contributed by atoms with Gasteiger partial charge in [-0.2, -0.15) is 5.10 Å². The van der Waals surface area contributed by atoms with Crippen molar-refractivity contribution in [2.24, 2.45) is 5.92 Å². The van der Waals surface area contributed by atoms with Crippen LogP contribution in [0.1, 0.15) is 25.1 Å². The zero-order valence-corrected chi connectivity index (χ0v) is 20.1. The standard InChI is InChI=1S/C27H29N7O/c1-18-30-24-6-4-22(14-26(24)31-18)35-21-3-5-23-25(13-21)32-27(16-28-23)20-15-29-34(17-20)12-9-19-7-10-33(2)11-8-19/h3-6,13-17,19H,7-12H2,1-2H3,(H,30,31). The van der Waals surface area contributed by atoms with Crippen molar-refractivity contribution in [3.63, 3.8) is 0 Å². The number of imidazole rings is 1. The van der Waals surface area contributed by atoms with Gasteiger partial charge in [-0.15, -0.1) is 0 Å². The molecule has 1 fully saturated rings. The van der Waals surface area contributed by atoms with E-state index in [4.69, 9.17) is 9.72 Å². The maximum atomic E-state index is 6.11. The summed E-state index contributed by atoms with van der Waals surface area (Å²) >= 11 is 0. The number of aromatic amines is 1. The number of piperidine rings is 1. The van der Waals surface area contributed by atoms with Crippen LogP contribution in [0.5, 0.6) is 11.5 Å². The molecule has 0 amide bonds. The summed E-state index contributed by atoms with van der Waals surface area (Å²) in [5, 5.41) is 4.58. The molecule has 2 aromatic carbocycles. The zero-order valence-electron chi connectivity index (χ0n) is 20.1. The van der Waals surface area contributed by atoms with Crippen molar-refractivity contribution >= 4 is 22.1 Å². The number of nitrogens with zero attached hydrogens (tertiary/aromatic N) is 6. The van der Waals surface area contributed by atoms with Crippen molar-refractivity contribution in [1.82, 2.24) is 34.6 Å². The number of fused-ring (bicyclic) bond motifs is 2. The first kappa shape index (κ1) is 21.7. The van der Waals surface area contributed by atoms with E-state index in [9.17, 15) is 0 Å². The second kappa shape index (κ2) is 9.11. The molecule has 1 N–H and O–H groups in total. The number of nitrogens with one attached hydrogen (secondary N) is 1. The van der Waals surface area contributed by atoms with E-state index in [-0.39, 0.29) is 0 Å². The molecule has 1 aliphatic rings. The minimum atomic E-state index is 0.716. The quantitative estimate of drug-likeness (QED) is 0.369. The molecule has 5 aromatic rings. The molecule has 0 bridgehead atoms. The third-order valence-electron chi connectivity index (χ3n) is 6.85. The van der Waals surface area contributed by atoms with Gasteiger partial charge in [0.1, 0.15) is 17.3 Å². The van der Waals surface area contributed by atoms with Crippen molar-refractivity contribution in [2.45, 2.75) is 32.7 Å². The van der Waals surface area contributed by atoms with Crippen molar-refractivity contribution in [3.8, 4) is 22.8 Å². The Kier molecular flexibility index (Phi) is 5.66. The number of benzene rings is 2. The van der Waals surface area contributed by atoms with Gasteiger partial charge in [0.05, 0.1) is 40.2 Å². The third kappa shape index (κ3) is 4.74. The van der Waals surface area contributed by atoms with Crippen LogP contribution in [-0.2, 0) is 6.54 Å². The highest BCUT2D eigenvalue weighted by Crippen LogP contribution is 2.28. The average molecular weight is 468 g/mol. The number of H-pyrrole nitrogens is 1. The fourth-order valence-corrected chi connectivity index (χ4v) is 4.79. The summed E-state index contributed by atoms with van der Waals surface area (Å²) in [4.78, 5) is 19.6. The molecule has 0 saturated carbocycles. The smallest absolute Gasteiger partial charge is 0.129 e. The van der Waals surface area contributed by atoms with Crippen LogP contribution in [0.4, 0.5) is 0 Å². The van der Waals surface area contributed by atoms with Crippen LogP contribution >= 0.6 is 0 Å². The van der Waals surface area contributed by atoms with Crippen LogP contribution in [0.2, 0.25) is 0 Å². The Morgan fingerprint density at radius 1 is 0.971 bits per heavy atom. The first-order valence-electron chi connectivity index (χ1n) is 12.2. The summed E-state index contributed by atoms with van der Waals surface area (Å²) in [7, 11) is 2.20. The molecule has 0 radical (unpaired) electrons. The highest BCUT2D eigenvalue weighted by atomic mass is 16.5. The summed E-state index contributed by atoms with van der Waals surface area (Å²) < 4.78 is 8.15. The Balaban J connectivity index is 1.18. The highest BCUT2D eigenvalue weighted by molar-refractivity contribution is 5.79. The summed E-state index contributed by atoms with van der Waals surface area (Å²) in [6, 6.07) is 11.6. The monoisotopic (exact) mass is 467 g/mol. The van der Waals surface area contributed by atoms with E-state index < -0.39 is 0 Å². The lowest BCUT2D eigenvalue weighted by Gasteiger charge is -2.28. The Morgan fingerprint density at radius 2 is 1.77 bits per heavy atom. The second-order valence-electron chi connectivity index (χ2n) is 9.54. The van der Waals surface area contributed by atoms with Crippen LogP contribution in [0.3, 0.4) is 0 Å². The Hall–Kier alpha value is -3.78. The molecule has 3 aromatic heterocycles. The van der Waals surface area contributed by atoms with E-state index >= 15 is 0 Å². The molecule has 0 unspecified atom stereocenters. The van der Waals surface area contributed by atoms with E-state index in [1.54, 1.807) is 0 Å². The first-order valence-corrected chi connectivity index (χ1v) is 12.2. The van der Waals surface area contributed by atoms with Crippen molar-refractivity contribution in [3.05, 3.63) is 60.8 Å². The van der Waals surface area contributed by atoms with Gasteiger partial charge in [-0.1, -0.05) is 0 Å². The van der Waals surface area contributed by atoms with E-state index in [0.717, 1.165) is 57.4 Å². The predicted octanol–water partition coefficient (Wildman–Crippen LogP) is 5.20. The Bertz CT molecular complexity index is 1480. The van der Waals surface area contributed by atoms with Gasteiger partial charge in [0.15, 0.2) is 0 Å². The fourth-order valence-electron chi connectivity index (χ4n) is 4.79. The van der Waals surface area contributed by atoms with E-state index in [1.807, 2.05) is 60.4 Å². The van der Waals surface area contributed by atoms with E-state index in [1.165, 1.54) is 32.4 Å². The van der Waals surface area contributed by atoms with Gasteiger partial charge in [0.25, 0.3) is 0 Å². The van der Waals surface area contributed by atoms with Gasteiger partial charge in [-0.3, -0.25) is 9.67 Å². The molecular formula is C27H29N7O. The van der Waals surface area contributed by atoms with Crippen LogP contribution < -0.4 is 4.74 Å². The minimum absolute atomic E-state index is 0.716. The molecule has 0 spiro atoms. The van der Waals surface area contributed by atoms with E-state index in [0.29, 0.717) is 5.75 Å². The normalized spacial score (nSPS) is 15.3. The second-order valence-corrected chi connectivity index (χ2v) is 9.54. The molecular weight excluding hydrogens is 438 g/mol. The summed E-state index contributed by atoms with van der Waals surface area (Å²) in [5.74, 6) is 3.13. The van der Waals surface area contributed by atoms with Crippen LogP contribution in [-0.4, -0.2) is 54.8 Å².